The Morgan fingerprint density at radius 3 is 2.68 bits per heavy atom. The Balaban J connectivity index is 2.53. The van der Waals surface area contributed by atoms with Crippen molar-refractivity contribution in [1.82, 2.24) is 9.62 Å². The van der Waals surface area contributed by atoms with Crippen LogP contribution in [-0.2, 0) is 16.6 Å². The van der Waals surface area contributed by atoms with Gasteiger partial charge in [0.05, 0.1) is 5.75 Å². The third-order valence-electron chi connectivity index (χ3n) is 2.85. The molecule has 0 unspecified atom stereocenters. The molecule has 0 heterocycles. The number of nitrogens with zero attached hydrogens (tertiary/aromatic N) is 1. The lowest BCUT2D eigenvalue weighted by Crippen LogP contribution is -2.29. The minimum absolute atomic E-state index is 0.186. The van der Waals surface area contributed by atoms with Crippen LogP contribution in [0.1, 0.15) is 18.4 Å². The van der Waals surface area contributed by atoms with Gasteiger partial charge in [0.2, 0.25) is 10.0 Å². The summed E-state index contributed by atoms with van der Waals surface area (Å²) < 4.78 is 25.5. The van der Waals surface area contributed by atoms with E-state index in [-0.39, 0.29) is 5.75 Å². The predicted molar refractivity (Wildman–Crippen MR) is 79.9 cm³/mol. The Morgan fingerprint density at radius 2 is 2.05 bits per heavy atom. The average molecular weight is 305 g/mol. The zero-order valence-electron chi connectivity index (χ0n) is 11.4. The third kappa shape index (κ3) is 5.91. The molecule has 0 amide bonds. The van der Waals surface area contributed by atoms with Crippen molar-refractivity contribution in [2.24, 2.45) is 0 Å². The Kier molecular flexibility index (Phi) is 6.79. The molecule has 0 aliphatic rings. The SMILES string of the molecule is CNCCCCS(=O)(=O)N(C)Cc1cccc(Cl)c1. The number of hydrogen-bond acceptors (Lipinski definition) is 3. The van der Waals surface area contributed by atoms with Gasteiger partial charge < -0.3 is 5.32 Å². The van der Waals surface area contributed by atoms with Crippen LogP contribution in [0.4, 0.5) is 0 Å². The minimum atomic E-state index is -3.19. The second-order valence-electron chi connectivity index (χ2n) is 4.51. The van der Waals surface area contributed by atoms with E-state index in [1.54, 1.807) is 19.2 Å². The van der Waals surface area contributed by atoms with E-state index in [9.17, 15) is 8.42 Å². The van der Waals surface area contributed by atoms with Crippen molar-refractivity contribution < 1.29 is 8.42 Å². The molecule has 4 nitrogen and oxygen atoms in total. The van der Waals surface area contributed by atoms with Gasteiger partial charge in [-0.2, -0.15) is 0 Å². The summed E-state index contributed by atoms with van der Waals surface area (Å²) >= 11 is 5.89. The highest BCUT2D eigenvalue weighted by Gasteiger charge is 2.17. The van der Waals surface area contributed by atoms with E-state index in [1.807, 2.05) is 19.2 Å². The summed E-state index contributed by atoms with van der Waals surface area (Å²) in [5.41, 5.74) is 0.897. The highest BCUT2D eigenvalue weighted by atomic mass is 35.5. The van der Waals surface area contributed by atoms with Crippen LogP contribution in [0.2, 0.25) is 5.02 Å². The van der Waals surface area contributed by atoms with Crippen LogP contribution < -0.4 is 5.32 Å². The molecule has 1 rings (SSSR count). The number of benzene rings is 1. The molecule has 1 aromatic rings. The lowest BCUT2D eigenvalue weighted by molar-refractivity contribution is 0.464. The second kappa shape index (κ2) is 7.85. The molecule has 0 spiro atoms. The molecule has 0 bridgehead atoms. The largest absolute Gasteiger partial charge is 0.320 e. The first-order valence-corrected chi connectivity index (χ1v) is 8.27. The fraction of sp³-hybridized carbons (Fsp3) is 0.538. The van der Waals surface area contributed by atoms with Crippen LogP contribution in [-0.4, -0.2) is 39.1 Å². The predicted octanol–water partition coefficient (Wildman–Crippen LogP) is 2.10. The lowest BCUT2D eigenvalue weighted by Gasteiger charge is -2.17. The van der Waals surface area contributed by atoms with Crippen LogP contribution >= 0.6 is 11.6 Å². The van der Waals surface area contributed by atoms with Crippen molar-refractivity contribution in [2.75, 3.05) is 26.4 Å². The number of unbranched alkanes of at least 4 members (excludes halogenated alkanes) is 1. The molecular formula is C13H21ClN2O2S. The second-order valence-corrected chi connectivity index (χ2v) is 7.14. The molecule has 0 aromatic heterocycles. The van der Waals surface area contributed by atoms with Crippen molar-refractivity contribution in [3.8, 4) is 0 Å². The highest BCUT2D eigenvalue weighted by Crippen LogP contribution is 2.14. The topological polar surface area (TPSA) is 49.4 Å². The molecule has 0 radical (unpaired) electrons. The highest BCUT2D eigenvalue weighted by molar-refractivity contribution is 7.89. The molecule has 0 aliphatic carbocycles. The molecule has 1 N–H and O–H groups in total. The van der Waals surface area contributed by atoms with E-state index in [0.717, 1.165) is 18.5 Å². The first-order valence-electron chi connectivity index (χ1n) is 6.29. The first-order chi connectivity index (χ1) is 8.95. The third-order valence-corrected chi connectivity index (χ3v) is 4.97. The van der Waals surface area contributed by atoms with Gasteiger partial charge in [-0.15, -0.1) is 0 Å². The lowest BCUT2D eigenvalue weighted by atomic mass is 10.2. The zero-order valence-corrected chi connectivity index (χ0v) is 13.0. The van der Waals surface area contributed by atoms with E-state index in [1.165, 1.54) is 4.31 Å². The first kappa shape index (κ1) is 16.4. The van der Waals surface area contributed by atoms with Crippen molar-refractivity contribution in [3.63, 3.8) is 0 Å². The molecule has 0 aliphatic heterocycles. The molecule has 108 valence electrons. The molecule has 6 heteroatoms. The number of rotatable bonds is 8. The standard InChI is InChI=1S/C13H21ClN2O2S/c1-15-8-3-4-9-19(17,18)16(2)11-12-6-5-7-13(14)10-12/h5-7,10,15H,3-4,8-9,11H2,1-2H3. The Labute approximate surface area is 120 Å². The summed E-state index contributed by atoms with van der Waals surface area (Å²) in [5, 5.41) is 3.63. The van der Waals surface area contributed by atoms with Gasteiger partial charge in [-0.25, -0.2) is 12.7 Å². The molecule has 19 heavy (non-hydrogen) atoms. The summed E-state index contributed by atoms with van der Waals surface area (Å²) in [5.74, 6) is 0.186. The maximum absolute atomic E-state index is 12.1. The van der Waals surface area contributed by atoms with Crippen LogP contribution in [0.3, 0.4) is 0 Å². The van der Waals surface area contributed by atoms with Crippen LogP contribution in [0, 0.1) is 0 Å². The molecule has 0 atom stereocenters. The molecule has 0 saturated carbocycles. The summed E-state index contributed by atoms with van der Waals surface area (Å²) in [7, 11) is 0.277. The van der Waals surface area contributed by atoms with Crippen LogP contribution in [0.25, 0.3) is 0 Å². The average Bonchev–Trinajstić information content (AvgIpc) is 2.34. The Morgan fingerprint density at radius 1 is 1.32 bits per heavy atom. The summed E-state index contributed by atoms with van der Waals surface area (Å²) in [4.78, 5) is 0. The molecule has 0 fully saturated rings. The van der Waals surface area contributed by atoms with E-state index in [4.69, 9.17) is 11.6 Å². The Bertz CT molecular complexity index is 491. The van der Waals surface area contributed by atoms with Crippen molar-refractivity contribution in [2.45, 2.75) is 19.4 Å². The van der Waals surface area contributed by atoms with Gasteiger partial charge in [0, 0.05) is 18.6 Å². The molecular weight excluding hydrogens is 284 g/mol. The monoisotopic (exact) mass is 304 g/mol. The van der Waals surface area contributed by atoms with Gasteiger partial charge in [-0.3, -0.25) is 0 Å². The van der Waals surface area contributed by atoms with E-state index >= 15 is 0 Å². The molecule has 1 aromatic carbocycles. The summed E-state index contributed by atoms with van der Waals surface area (Å²) in [6.07, 6.45) is 1.53. The number of halogens is 1. The van der Waals surface area contributed by atoms with Crippen LogP contribution in [0.5, 0.6) is 0 Å². The molecule has 0 saturated heterocycles. The van der Waals surface area contributed by atoms with Gasteiger partial charge in [0.15, 0.2) is 0 Å². The van der Waals surface area contributed by atoms with Gasteiger partial charge in [-0.05, 0) is 44.1 Å². The van der Waals surface area contributed by atoms with Gasteiger partial charge in [0.1, 0.15) is 0 Å². The Hall–Kier alpha value is -0.620. The number of hydrogen-bond donors (Lipinski definition) is 1. The maximum Gasteiger partial charge on any atom is 0.214 e. The van der Waals surface area contributed by atoms with Crippen molar-refractivity contribution in [3.05, 3.63) is 34.9 Å². The van der Waals surface area contributed by atoms with Crippen LogP contribution in [0.15, 0.2) is 24.3 Å². The maximum atomic E-state index is 12.1. The minimum Gasteiger partial charge on any atom is -0.320 e. The fourth-order valence-electron chi connectivity index (χ4n) is 1.73. The van der Waals surface area contributed by atoms with E-state index in [0.29, 0.717) is 18.0 Å². The van der Waals surface area contributed by atoms with Crippen molar-refractivity contribution >= 4 is 21.6 Å². The van der Waals surface area contributed by atoms with Crippen molar-refractivity contribution in [1.29, 1.82) is 0 Å². The smallest absolute Gasteiger partial charge is 0.214 e. The van der Waals surface area contributed by atoms with E-state index < -0.39 is 10.0 Å². The zero-order chi connectivity index (χ0) is 14.3. The summed E-state index contributed by atoms with van der Waals surface area (Å²) in [6.45, 7) is 1.20. The normalized spacial score (nSPS) is 12.0. The van der Waals surface area contributed by atoms with Gasteiger partial charge >= 0.3 is 0 Å². The van der Waals surface area contributed by atoms with Gasteiger partial charge in [0.25, 0.3) is 0 Å². The quantitative estimate of drug-likeness (QED) is 0.748. The van der Waals surface area contributed by atoms with E-state index in [2.05, 4.69) is 5.32 Å². The number of sulfonamides is 1. The fourth-order valence-corrected chi connectivity index (χ4v) is 3.17. The van der Waals surface area contributed by atoms with Gasteiger partial charge in [-0.1, -0.05) is 23.7 Å². The number of nitrogens with one attached hydrogen (secondary N) is 1. The summed E-state index contributed by atoms with van der Waals surface area (Å²) in [6, 6.07) is 7.26.